The summed E-state index contributed by atoms with van der Waals surface area (Å²) in [5.74, 6) is -1.21. The van der Waals surface area contributed by atoms with Crippen molar-refractivity contribution in [2.75, 3.05) is 18.5 Å². The molecule has 1 aromatic carbocycles. The van der Waals surface area contributed by atoms with Gasteiger partial charge < -0.3 is 14.6 Å². The smallest absolute Gasteiger partial charge is 0.308 e. The Bertz CT molecular complexity index is 624. The molecule has 0 saturated carbocycles. The SMILES string of the molecule is CC(CN(C)c1nc2c(F)cccc2n1C)C(=O)O. The van der Waals surface area contributed by atoms with Crippen LogP contribution in [-0.2, 0) is 11.8 Å². The first-order chi connectivity index (χ1) is 8.91. The van der Waals surface area contributed by atoms with E-state index in [0.29, 0.717) is 23.5 Å². The lowest BCUT2D eigenvalue weighted by Crippen LogP contribution is -2.30. The van der Waals surface area contributed by atoms with Crippen LogP contribution in [0.1, 0.15) is 6.92 Å². The number of halogens is 1. The summed E-state index contributed by atoms with van der Waals surface area (Å²) in [5.41, 5.74) is 0.986. The summed E-state index contributed by atoms with van der Waals surface area (Å²) in [6.07, 6.45) is 0. The Morgan fingerprint density at radius 2 is 2.26 bits per heavy atom. The van der Waals surface area contributed by atoms with E-state index >= 15 is 0 Å². The molecule has 0 radical (unpaired) electrons. The molecule has 1 aromatic heterocycles. The first kappa shape index (κ1) is 13.3. The van der Waals surface area contributed by atoms with Gasteiger partial charge in [-0.2, -0.15) is 0 Å². The number of anilines is 1. The maximum atomic E-state index is 13.6. The molecule has 6 heteroatoms. The molecule has 0 aliphatic rings. The maximum Gasteiger partial charge on any atom is 0.308 e. The second kappa shape index (κ2) is 4.87. The van der Waals surface area contributed by atoms with Crippen molar-refractivity contribution in [1.29, 1.82) is 0 Å². The molecular formula is C13H16FN3O2. The largest absolute Gasteiger partial charge is 0.481 e. The number of aryl methyl sites for hydroxylation is 1. The summed E-state index contributed by atoms with van der Waals surface area (Å²) in [4.78, 5) is 16.8. The molecule has 0 aliphatic heterocycles. The Morgan fingerprint density at radius 1 is 1.58 bits per heavy atom. The molecule has 1 N–H and O–H groups in total. The second-order valence-corrected chi connectivity index (χ2v) is 4.70. The van der Waals surface area contributed by atoms with Crippen LogP contribution in [0.5, 0.6) is 0 Å². The molecule has 2 aromatic rings. The zero-order valence-corrected chi connectivity index (χ0v) is 11.1. The number of hydrogen-bond acceptors (Lipinski definition) is 3. The molecule has 0 fully saturated rings. The lowest BCUT2D eigenvalue weighted by molar-refractivity contribution is -0.140. The highest BCUT2D eigenvalue weighted by Crippen LogP contribution is 2.23. The molecule has 5 nitrogen and oxygen atoms in total. The molecule has 19 heavy (non-hydrogen) atoms. The standard InChI is InChI=1S/C13H16FN3O2/c1-8(12(18)19)7-16(2)13-15-11-9(14)5-4-6-10(11)17(13)3/h4-6,8H,7H2,1-3H3,(H,18,19). The lowest BCUT2D eigenvalue weighted by atomic mass is 10.2. The molecule has 0 spiro atoms. The Morgan fingerprint density at radius 3 is 2.84 bits per heavy atom. The zero-order chi connectivity index (χ0) is 14.2. The summed E-state index contributed by atoms with van der Waals surface area (Å²) in [6, 6.07) is 4.77. The lowest BCUT2D eigenvalue weighted by Gasteiger charge is -2.20. The van der Waals surface area contributed by atoms with Crippen LogP contribution in [0.4, 0.5) is 10.3 Å². The van der Waals surface area contributed by atoms with Gasteiger partial charge in [0.15, 0.2) is 5.82 Å². The van der Waals surface area contributed by atoms with Crippen LogP contribution in [0.2, 0.25) is 0 Å². The van der Waals surface area contributed by atoms with Crippen LogP contribution in [0.15, 0.2) is 18.2 Å². The summed E-state index contributed by atoms with van der Waals surface area (Å²) in [7, 11) is 3.53. The van der Waals surface area contributed by atoms with Crippen molar-refractivity contribution in [3.63, 3.8) is 0 Å². The van der Waals surface area contributed by atoms with Gasteiger partial charge in [-0.15, -0.1) is 0 Å². The van der Waals surface area contributed by atoms with Gasteiger partial charge in [-0.25, -0.2) is 9.37 Å². The third kappa shape index (κ3) is 2.38. The highest BCUT2D eigenvalue weighted by Gasteiger charge is 2.18. The normalized spacial score (nSPS) is 12.6. The topological polar surface area (TPSA) is 58.4 Å². The van der Waals surface area contributed by atoms with Gasteiger partial charge in [-0.1, -0.05) is 13.0 Å². The minimum absolute atomic E-state index is 0.301. The van der Waals surface area contributed by atoms with E-state index in [1.807, 2.05) is 0 Å². The Kier molecular flexibility index (Phi) is 3.42. The predicted octanol–water partition coefficient (Wildman–Crippen LogP) is 1.87. The highest BCUT2D eigenvalue weighted by molar-refractivity contribution is 5.79. The monoisotopic (exact) mass is 265 g/mol. The fourth-order valence-electron chi connectivity index (χ4n) is 2.08. The van der Waals surface area contributed by atoms with Crippen molar-refractivity contribution in [1.82, 2.24) is 9.55 Å². The Labute approximate surface area is 110 Å². The van der Waals surface area contributed by atoms with Gasteiger partial charge >= 0.3 is 5.97 Å². The van der Waals surface area contributed by atoms with E-state index in [2.05, 4.69) is 4.98 Å². The highest BCUT2D eigenvalue weighted by atomic mass is 19.1. The minimum Gasteiger partial charge on any atom is -0.481 e. The number of benzene rings is 1. The first-order valence-corrected chi connectivity index (χ1v) is 5.96. The maximum absolute atomic E-state index is 13.6. The predicted molar refractivity (Wildman–Crippen MR) is 70.7 cm³/mol. The third-order valence-electron chi connectivity index (χ3n) is 3.15. The van der Waals surface area contributed by atoms with Crippen LogP contribution in [-0.4, -0.2) is 34.2 Å². The molecule has 0 aliphatic carbocycles. The molecule has 102 valence electrons. The summed E-state index contributed by atoms with van der Waals surface area (Å²) < 4.78 is 15.4. The van der Waals surface area contributed by atoms with Crippen molar-refractivity contribution in [2.45, 2.75) is 6.92 Å². The number of carboxylic acid groups (broad SMARTS) is 1. The van der Waals surface area contributed by atoms with Crippen LogP contribution in [0.25, 0.3) is 11.0 Å². The van der Waals surface area contributed by atoms with E-state index in [4.69, 9.17) is 5.11 Å². The number of carbonyl (C=O) groups is 1. The number of nitrogens with zero attached hydrogens (tertiary/aromatic N) is 3. The number of aliphatic carboxylic acids is 1. The molecule has 0 saturated heterocycles. The summed E-state index contributed by atoms with van der Waals surface area (Å²) in [5, 5.41) is 8.92. The molecule has 0 bridgehead atoms. The number of fused-ring (bicyclic) bond motifs is 1. The van der Waals surface area contributed by atoms with E-state index < -0.39 is 11.9 Å². The van der Waals surface area contributed by atoms with Crippen molar-refractivity contribution in [3.05, 3.63) is 24.0 Å². The van der Waals surface area contributed by atoms with Gasteiger partial charge in [0.25, 0.3) is 0 Å². The number of carboxylic acids is 1. The number of rotatable bonds is 4. The summed E-state index contributed by atoms with van der Waals surface area (Å²) in [6.45, 7) is 1.94. The van der Waals surface area contributed by atoms with Gasteiger partial charge in [0.05, 0.1) is 11.4 Å². The molecule has 1 heterocycles. The summed E-state index contributed by atoms with van der Waals surface area (Å²) >= 11 is 0. The number of aromatic nitrogens is 2. The first-order valence-electron chi connectivity index (χ1n) is 5.96. The van der Waals surface area contributed by atoms with E-state index in [1.165, 1.54) is 6.07 Å². The van der Waals surface area contributed by atoms with E-state index in [-0.39, 0.29) is 5.82 Å². The van der Waals surface area contributed by atoms with Gasteiger partial charge in [0.1, 0.15) is 5.52 Å². The quantitative estimate of drug-likeness (QED) is 0.916. The van der Waals surface area contributed by atoms with Crippen molar-refractivity contribution < 1.29 is 14.3 Å². The van der Waals surface area contributed by atoms with Gasteiger partial charge in [-0.05, 0) is 12.1 Å². The van der Waals surface area contributed by atoms with Gasteiger partial charge in [-0.3, -0.25) is 4.79 Å². The second-order valence-electron chi connectivity index (χ2n) is 4.70. The van der Waals surface area contributed by atoms with Crippen LogP contribution >= 0.6 is 0 Å². The Hall–Kier alpha value is -2.11. The number of hydrogen-bond donors (Lipinski definition) is 1. The van der Waals surface area contributed by atoms with Crippen molar-refractivity contribution >= 4 is 23.0 Å². The van der Waals surface area contributed by atoms with Crippen LogP contribution < -0.4 is 4.90 Å². The fraction of sp³-hybridized carbons (Fsp3) is 0.385. The van der Waals surface area contributed by atoms with E-state index in [0.717, 1.165) is 0 Å². The number of para-hydroxylation sites is 1. The average Bonchev–Trinajstić information content (AvgIpc) is 2.68. The van der Waals surface area contributed by atoms with Gasteiger partial charge in [0.2, 0.25) is 5.95 Å². The molecule has 1 atom stereocenters. The average molecular weight is 265 g/mol. The zero-order valence-electron chi connectivity index (χ0n) is 11.1. The molecule has 0 amide bonds. The van der Waals surface area contributed by atoms with E-state index in [9.17, 15) is 9.18 Å². The number of imidazole rings is 1. The van der Waals surface area contributed by atoms with Crippen LogP contribution in [0.3, 0.4) is 0 Å². The molecular weight excluding hydrogens is 249 g/mol. The fourth-order valence-corrected chi connectivity index (χ4v) is 2.08. The van der Waals surface area contributed by atoms with Crippen molar-refractivity contribution in [2.24, 2.45) is 13.0 Å². The molecule has 1 unspecified atom stereocenters. The Balaban J connectivity index is 2.37. The van der Waals surface area contributed by atoms with Crippen molar-refractivity contribution in [3.8, 4) is 0 Å². The molecule has 2 rings (SSSR count). The minimum atomic E-state index is -0.864. The van der Waals surface area contributed by atoms with E-state index in [1.54, 1.807) is 42.6 Å². The van der Waals surface area contributed by atoms with Gasteiger partial charge in [0, 0.05) is 20.6 Å². The van der Waals surface area contributed by atoms with Crippen LogP contribution in [0, 0.1) is 11.7 Å². The third-order valence-corrected chi connectivity index (χ3v) is 3.15.